The molecule has 8 nitrogen and oxygen atoms in total. The Morgan fingerprint density at radius 1 is 1.29 bits per heavy atom. The molecule has 0 unspecified atom stereocenters. The number of carbonyl (C=O) groups excluding carboxylic acids is 2. The number of hydrogen-bond donors (Lipinski definition) is 2. The Morgan fingerprint density at radius 2 is 2.09 bits per heavy atom. The third kappa shape index (κ3) is 5.07. The van der Waals surface area contributed by atoms with Gasteiger partial charge in [0.2, 0.25) is 0 Å². The Balaban J connectivity index is 1.80. The second-order valence-corrected chi connectivity index (χ2v) is 8.64. The Morgan fingerprint density at radius 3 is 2.76 bits per heavy atom. The van der Waals surface area contributed by atoms with Gasteiger partial charge < -0.3 is 24.7 Å². The minimum atomic E-state index is -0.525. The Bertz CT molecular complexity index is 1150. The molecule has 0 saturated carbocycles. The van der Waals surface area contributed by atoms with E-state index >= 15 is 0 Å². The number of benzene rings is 1. The highest BCUT2D eigenvalue weighted by atomic mass is 16.5. The summed E-state index contributed by atoms with van der Waals surface area (Å²) in [5, 5.41) is 7.08. The van der Waals surface area contributed by atoms with Crippen molar-refractivity contribution >= 4 is 34.3 Å². The van der Waals surface area contributed by atoms with Gasteiger partial charge in [0.25, 0.3) is 5.91 Å². The Hall–Kier alpha value is -3.39. The van der Waals surface area contributed by atoms with Gasteiger partial charge in [-0.3, -0.25) is 4.79 Å². The molecule has 180 valence electrons. The number of ether oxygens (including phenoxy) is 2. The first-order chi connectivity index (χ1) is 16.5. The lowest BCUT2D eigenvalue weighted by Gasteiger charge is -2.13. The molecule has 1 saturated heterocycles. The number of nitrogens with zero attached hydrogens (tertiary/aromatic N) is 2. The van der Waals surface area contributed by atoms with Crippen LogP contribution >= 0.6 is 0 Å². The molecule has 1 amide bonds. The number of hydrogen-bond acceptors (Lipinski definition) is 6. The number of anilines is 2. The lowest BCUT2D eigenvalue weighted by molar-refractivity contribution is -0.124. The summed E-state index contributed by atoms with van der Waals surface area (Å²) >= 11 is 0. The monoisotopic (exact) mass is 464 g/mol. The SMILES string of the molecule is CC[C@H](C)Nc1cnc2c(c1)c(NC(=O)[C@@H]1CCCO1)c(C(=O)OC)n2CCc1ccccc1. The smallest absolute Gasteiger partial charge is 0.356 e. The van der Waals surface area contributed by atoms with Crippen molar-refractivity contribution < 1.29 is 19.1 Å². The Kier molecular flexibility index (Phi) is 7.47. The van der Waals surface area contributed by atoms with Crippen molar-refractivity contribution in [3.8, 4) is 0 Å². The van der Waals surface area contributed by atoms with E-state index < -0.39 is 12.1 Å². The molecule has 0 aliphatic carbocycles. The van der Waals surface area contributed by atoms with E-state index in [2.05, 4.69) is 24.5 Å². The van der Waals surface area contributed by atoms with Gasteiger partial charge in [0, 0.05) is 24.6 Å². The molecule has 1 aliphatic rings. The second-order valence-electron chi connectivity index (χ2n) is 8.64. The molecule has 0 spiro atoms. The first kappa shape index (κ1) is 23.8. The van der Waals surface area contributed by atoms with Crippen molar-refractivity contribution in [1.82, 2.24) is 9.55 Å². The number of rotatable bonds is 9. The second kappa shape index (κ2) is 10.7. The fourth-order valence-corrected chi connectivity index (χ4v) is 4.22. The summed E-state index contributed by atoms with van der Waals surface area (Å²) < 4.78 is 12.5. The van der Waals surface area contributed by atoms with Crippen LogP contribution in [-0.4, -0.2) is 47.3 Å². The van der Waals surface area contributed by atoms with Gasteiger partial charge in [-0.15, -0.1) is 0 Å². The van der Waals surface area contributed by atoms with Gasteiger partial charge in [-0.25, -0.2) is 9.78 Å². The van der Waals surface area contributed by atoms with Crippen LogP contribution in [-0.2, 0) is 27.2 Å². The maximum Gasteiger partial charge on any atom is 0.356 e. The summed E-state index contributed by atoms with van der Waals surface area (Å²) in [5.41, 5.74) is 3.28. The molecule has 34 heavy (non-hydrogen) atoms. The average molecular weight is 465 g/mol. The van der Waals surface area contributed by atoms with Crippen LogP contribution < -0.4 is 10.6 Å². The number of amides is 1. The Labute approximate surface area is 199 Å². The number of pyridine rings is 1. The van der Waals surface area contributed by atoms with E-state index in [-0.39, 0.29) is 17.6 Å². The minimum Gasteiger partial charge on any atom is -0.464 e. The highest BCUT2D eigenvalue weighted by Gasteiger charge is 2.30. The minimum absolute atomic E-state index is 0.254. The van der Waals surface area contributed by atoms with Gasteiger partial charge >= 0.3 is 5.97 Å². The van der Waals surface area contributed by atoms with E-state index in [1.807, 2.05) is 41.0 Å². The maximum atomic E-state index is 13.0. The third-order valence-corrected chi connectivity index (χ3v) is 6.24. The average Bonchev–Trinajstić information content (AvgIpc) is 3.50. The number of nitrogens with one attached hydrogen (secondary N) is 2. The summed E-state index contributed by atoms with van der Waals surface area (Å²) in [6.07, 6.45) is 4.38. The molecular formula is C26H32N4O4. The van der Waals surface area contributed by atoms with E-state index in [0.29, 0.717) is 42.7 Å². The van der Waals surface area contributed by atoms with Crippen LogP contribution in [0.1, 0.15) is 49.2 Å². The van der Waals surface area contributed by atoms with Crippen LogP contribution in [0.2, 0.25) is 0 Å². The maximum absolute atomic E-state index is 13.0. The molecule has 0 radical (unpaired) electrons. The lowest BCUT2D eigenvalue weighted by Crippen LogP contribution is -2.28. The van der Waals surface area contributed by atoms with Crippen molar-refractivity contribution in [3.05, 3.63) is 53.9 Å². The molecule has 1 fully saturated rings. The number of methoxy groups -OCH3 is 1. The number of esters is 1. The molecule has 8 heteroatoms. The van der Waals surface area contributed by atoms with E-state index in [1.54, 1.807) is 6.20 Å². The molecule has 2 aromatic heterocycles. The topological polar surface area (TPSA) is 94.5 Å². The summed E-state index contributed by atoms with van der Waals surface area (Å²) in [6, 6.07) is 12.2. The van der Waals surface area contributed by atoms with Crippen LogP contribution in [0.5, 0.6) is 0 Å². The predicted molar refractivity (Wildman–Crippen MR) is 132 cm³/mol. The molecule has 2 N–H and O–H groups in total. The van der Waals surface area contributed by atoms with Gasteiger partial charge in [-0.05, 0) is 44.2 Å². The standard InChI is InChI=1S/C26H32N4O4/c1-4-17(2)28-19-15-20-22(29-25(31)21-11-8-14-34-21)23(26(32)33-3)30(24(20)27-16-19)13-12-18-9-6-5-7-10-18/h5-7,9-10,15-17,21,28H,4,8,11-14H2,1-3H3,(H,29,31)/t17-,21-/m0/s1. The van der Waals surface area contributed by atoms with Gasteiger partial charge in [-0.1, -0.05) is 37.3 Å². The normalized spacial score (nSPS) is 16.4. The van der Waals surface area contributed by atoms with E-state index in [9.17, 15) is 9.59 Å². The summed E-state index contributed by atoms with van der Waals surface area (Å²) in [5.74, 6) is -0.782. The fourth-order valence-electron chi connectivity index (χ4n) is 4.22. The molecule has 3 aromatic rings. The number of carbonyl (C=O) groups is 2. The molecule has 3 heterocycles. The summed E-state index contributed by atoms with van der Waals surface area (Å²) in [7, 11) is 1.34. The number of aryl methyl sites for hydroxylation is 2. The molecular weight excluding hydrogens is 432 g/mol. The first-order valence-electron chi connectivity index (χ1n) is 11.8. The number of aromatic nitrogens is 2. The van der Waals surface area contributed by atoms with Crippen molar-refractivity contribution in [1.29, 1.82) is 0 Å². The third-order valence-electron chi connectivity index (χ3n) is 6.24. The van der Waals surface area contributed by atoms with Crippen LogP contribution in [0.25, 0.3) is 11.0 Å². The largest absolute Gasteiger partial charge is 0.464 e. The van der Waals surface area contributed by atoms with E-state index in [1.165, 1.54) is 7.11 Å². The van der Waals surface area contributed by atoms with Crippen molar-refractivity contribution in [2.75, 3.05) is 24.4 Å². The summed E-state index contributed by atoms with van der Waals surface area (Å²) in [4.78, 5) is 30.7. The van der Waals surface area contributed by atoms with Crippen LogP contribution in [0, 0.1) is 0 Å². The fraction of sp³-hybridized carbons (Fsp3) is 0.423. The van der Waals surface area contributed by atoms with Gasteiger partial charge in [0.15, 0.2) is 5.69 Å². The van der Waals surface area contributed by atoms with Crippen LogP contribution in [0.15, 0.2) is 42.6 Å². The zero-order valence-corrected chi connectivity index (χ0v) is 20.0. The van der Waals surface area contributed by atoms with E-state index in [0.717, 1.165) is 24.1 Å². The quantitative estimate of drug-likeness (QED) is 0.456. The van der Waals surface area contributed by atoms with Crippen molar-refractivity contribution in [2.24, 2.45) is 0 Å². The molecule has 0 bridgehead atoms. The van der Waals surface area contributed by atoms with Crippen molar-refractivity contribution in [2.45, 2.75) is 58.2 Å². The van der Waals surface area contributed by atoms with E-state index in [4.69, 9.17) is 14.5 Å². The van der Waals surface area contributed by atoms with Crippen LogP contribution in [0.4, 0.5) is 11.4 Å². The highest BCUT2D eigenvalue weighted by Crippen LogP contribution is 2.33. The highest BCUT2D eigenvalue weighted by molar-refractivity contribution is 6.12. The van der Waals surface area contributed by atoms with Gasteiger partial charge in [0.05, 0.1) is 24.7 Å². The lowest BCUT2D eigenvalue weighted by atomic mass is 10.1. The summed E-state index contributed by atoms with van der Waals surface area (Å²) in [6.45, 7) is 5.26. The zero-order valence-electron chi connectivity index (χ0n) is 20.0. The van der Waals surface area contributed by atoms with Crippen LogP contribution in [0.3, 0.4) is 0 Å². The van der Waals surface area contributed by atoms with Gasteiger partial charge in [0.1, 0.15) is 11.8 Å². The van der Waals surface area contributed by atoms with Crippen molar-refractivity contribution in [3.63, 3.8) is 0 Å². The molecule has 1 aliphatic heterocycles. The molecule has 1 aromatic carbocycles. The first-order valence-corrected chi connectivity index (χ1v) is 11.8. The zero-order chi connectivity index (χ0) is 24.1. The molecule has 2 atom stereocenters. The van der Waals surface area contributed by atoms with Gasteiger partial charge in [-0.2, -0.15) is 0 Å². The number of fused-ring (bicyclic) bond motifs is 1. The predicted octanol–water partition coefficient (Wildman–Crippen LogP) is 4.39. The molecule has 4 rings (SSSR count).